The molecule has 3 aromatic rings. The summed E-state index contributed by atoms with van der Waals surface area (Å²) in [4.78, 5) is 20.6. The van der Waals surface area contributed by atoms with Gasteiger partial charge < -0.3 is 9.72 Å². The molecule has 0 amide bonds. The predicted molar refractivity (Wildman–Crippen MR) is 79.9 cm³/mol. The molecular weight excluding hydrogens is 290 g/mol. The topological polar surface area (TPSA) is 92.9 Å². The number of rotatable bonds is 4. The second kappa shape index (κ2) is 5.24. The SMILES string of the molecule is CNc1cn2ccnc2c(Sc2n[nH]c(=O)n2C(C)C)n1. The molecule has 3 aromatic heterocycles. The maximum absolute atomic E-state index is 11.8. The lowest BCUT2D eigenvalue weighted by atomic mass is 10.4. The van der Waals surface area contributed by atoms with E-state index in [9.17, 15) is 4.79 Å². The van der Waals surface area contributed by atoms with Crippen molar-refractivity contribution in [3.8, 4) is 0 Å². The van der Waals surface area contributed by atoms with Crippen molar-refractivity contribution in [1.82, 2.24) is 29.1 Å². The molecule has 2 N–H and O–H groups in total. The summed E-state index contributed by atoms with van der Waals surface area (Å²) in [6, 6.07) is 0.0157. The van der Waals surface area contributed by atoms with Gasteiger partial charge in [0, 0.05) is 25.5 Å². The number of anilines is 1. The van der Waals surface area contributed by atoms with Crippen LogP contribution in [0.4, 0.5) is 5.82 Å². The summed E-state index contributed by atoms with van der Waals surface area (Å²) in [6.45, 7) is 3.87. The number of H-pyrrole nitrogens is 1. The van der Waals surface area contributed by atoms with E-state index < -0.39 is 0 Å². The van der Waals surface area contributed by atoms with E-state index in [4.69, 9.17) is 0 Å². The molecule has 3 rings (SSSR count). The normalized spacial score (nSPS) is 11.4. The van der Waals surface area contributed by atoms with Gasteiger partial charge in [-0.15, -0.1) is 5.10 Å². The summed E-state index contributed by atoms with van der Waals surface area (Å²) in [6.07, 6.45) is 5.41. The molecule has 0 aliphatic heterocycles. The molecule has 0 saturated carbocycles. The van der Waals surface area contributed by atoms with Gasteiger partial charge in [-0.3, -0.25) is 4.57 Å². The Morgan fingerprint density at radius 2 is 2.24 bits per heavy atom. The molecule has 0 saturated heterocycles. The number of aromatic nitrogens is 6. The highest BCUT2D eigenvalue weighted by atomic mass is 32.2. The van der Waals surface area contributed by atoms with Gasteiger partial charge in [-0.25, -0.2) is 19.9 Å². The van der Waals surface area contributed by atoms with E-state index in [2.05, 4.69) is 25.5 Å². The van der Waals surface area contributed by atoms with Gasteiger partial charge in [-0.05, 0) is 25.6 Å². The summed E-state index contributed by atoms with van der Waals surface area (Å²) in [5.74, 6) is 0.719. The number of nitrogens with one attached hydrogen (secondary N) is 2. The largest absolute Gasteiger partial charge is 0.372 e. The van der Waals surface area contributed by atoms with Crippen LogP contribution in [0.2, 0.25) is 0 Å². The number of fused-ring (bicyclic) bond motifs is 1. The third-order valence-corrected chi connectivity index (χ3v) is 3.91. The zero-order valence-corrected chi connectivity index (χ0v) is 12.7. The smallest absolute Gasteiger partial charge is 0.344 e. The van der Waals surface area contributed by atoms with Crippen LogP contribution in [-0.4, -0.2) is 36.2 Å². The first-order valence-corrected chi connectivity index (χ1v) is 7.28. The number of hydrogen-bond donors (Lipinski definition) is 2. The molecule has 0 aliphatic carbocycles. The Morgan fingerprint density at radius 3 is 2.95 bits per heavy atom. The fraction of sp³-hybridized carbons (Fsp3) is 0.333. The van der Waals surface area contributed by atoms with Gasteiger partial charge in [0.05, 0.1) is 6.20 Å². The van der Waals surface area contributed by atoms with Crippen LogP contribution < -0.4 is 11.0 Å². The van der Waals surface area contributed by atoms with Crippen LogP contribution >= 0.6 is 11.8 Å². The van der Waals surface area contributed by atoms with Crippen LogP contribution in [0.25, 0.3) is 5.65 Å². The van der Waals surface area contributed by atoms with E-state index in [1.165, 1.54) is 11.8 Å². The Morgan fingerprint density at radius 1 is 1.43 bits per heavy atom. The zero-order valence-electron chi connectivity index (χ0n) is 11.9. The first-order valence-electron chi connectivity index (χ1n) is 6.46. The van der Waals surface area contributed by atoms with Gasteiger partial charge in [0.2, 0.25) is 0 Å². The maximum Gasteiger partial charge on any atom is 0.344 e. The molecular formula is C12H15N7OS. The number of imidazole rings is 1. The van der Waals surface area contributed by atoms with Crippen LogP contribution in [0.1, 0.15) is 19.9 Å². The van der Waals surface area contributed by atoms with Gasteiger partial charge in [0.1, 0.15) is 10.8 Å². The van der Waals surface area contributed by atoms with E-state index in [0.717, 1.165) is 11.5 Å². The molecule has 0 unspecified atom stereocenters. The first-order chi connectivity index (χ1) is 10.1. The Balaban J connectivity index is 2.10. The molecule has 21 heavy (non-hydrogen) atoms. The van der Waals surface area contributed by atoms with Crippen molar-refractivity contribution >= 4 is 23.2 Å². The molecule has 0 aliphatic rings. The second-order valence-corrected chi connectivity index (χ2v) is 5.67. The van der Waals surface area contributed by atoms with Crippen molar-refractivity contribution < 1.29 is 0 Å². The van der Waals surface area contributed by atoms with E-state index in [0.29, 0.717) is 10.2 Å². The summed E-state index contributed by atoms with van der Waals surface area (Å²) in [5.41, 5.74) is 0.501. The van der Waals surface area contributed by atoms with E-state index in [1.54, 1.807) is 17.8 Å². The Hall–Kier alpha value is -2.29. The van der Waals surface area contributed by atoms with Gasteiger partial charge in [-0.2, -0.15) is 0 Å². The number of nitrogens with zero attached hydrogens (tertiary/aromatic N) is 5. The van der Waals surface area contributed by atoms with E-state index in [-0.39, 0.29) is 11.7 Å². The molecule has 9 heteroatoms. The quantitative estimate of drug-likeness (QED) is 0.756. The fourth-order valence-corrected chi connectivity index (χ4v) is 3.05. The van der Waals surface area contributed by atoms with Crippen molar-refractivity contribution in [3.05, 3.63) is 29.1 Å². The minimum absolute atomic E-state index is 0.0157. The van der Waals surface area contributed by atoms with Gasteiger partial charge in [0.25, 0.3) is 0 Å². The summed E-state index contributed by atoms with van der Waals surface area (Å²) >= 11 is 1.31. The zero-order chi connectivity index (χ0) is 15.0. The monoisotopic (exact) mass is 305 g/mol. The average molecular weight is 305 g/mol. The summed E-state index contributed by atoms with van der Waals surface area (Å²) < 4.78 is 3.48. The maximum atomic E-state index is 11.8. The van der Waals surface area contributed by atoms with Gasteiger partial charge in [0.15, 0.2) is 10.8 Å². The lowest BCUT2D eigenvalue weighted by Crippen LogP contribution is -2.19. The standard InChI is InChI=1S/C12H15N7OS/c1-7(2)19-11(20)16-17-12(19)21-10-9-14-4-5-18(9)6-8(13-3)15-10/h4-7,13H,1-3H3,(H,16,20). The molecule has 0 atom stereocenters. The van der Waals surface area contributed by atoms with Crippen molar-refractivity contribution in [1.29, 1.82) is 0 Å². The lowest BCUT2D eigenvalue weighted by Gasteiger charge is -2.09. The van der Waals surface area contributed by atoms with Crippen molar-refractivity contribution in [2.24, 2.45) is 0 Å². The summed E-state index contributed by atoms with van der Waals surface area (Å²) in [5, 5.41) is 10.8. The number of aromatic amines is 1. The van der Waals surface area contributed by atoms with Gasteiger partial charge in [-0.1, -0.05) is 0 Å². The van der Waals surface area contributed by atoms with E-state index >= 15 is 0 Å². The highest BCUT2D eigenvalue weighted by molar-refractivity contribution is 7.99. The van der Waals surface area contributed by atoms with Crippen LogP contribution in [0.3, 0.4) is 0 Å². The molecule has 0 radical (unpaired) electrons. The Kier molecular flexibility index (Phi) is 3.42. The Labute approximate surface area is 124 Å². The molecule has 110 valence electrons. The van der Waals surface area contributed by atoms with Crippen molar-refractivity contribution in [2.75, 3.05) is 12.4 Å². The molecule has 0 spiro atoms. The minimum atomic E-state index is -0.225. The third kappa shape index (κ3) is 2.40. The third-order valence-electron chi connectivity index (χ3n) is 2.98. The minimum Gasteiger partial charge on any atom is -0.372 e. The van der Waals surface area contributed by atoms with E-state index in [1.807, 2.05) is 30.6 Å². The van der Waals surface area contributed by atoms with Crippen LogP contribution in [0.5, 0.6) is 0 Å². The predicted octanol–water partition coefficient (Wildman–Crippen LogP) is 1.39. The molecule has 3 heterocycles. The summed E-state index contributed by atoms with van der Waals surface area (Å²) in [7, 11) is 1.80. The second-order valence-electron chi connectivity index (χ2n) is 4.72. The first kappa shape index (κ1) is 13.7. The lowest BCUT2D eigenvalue weighted by molar-refractivity contribution is 0.534. The van der Waals surface area contributed by atoms with Crippen molar-refractivity contribution in [2.45, 2.75) is 30.1 Å². The highest BCUT2D eigenvalue weighted by Gasteiger charge is 2.16. The highest BCUT2D eigenvalue weighted by Crippen LogP contribution is 2.28. The Bertz CT molecular complexity index is 832. The number of hydrogen-bond acceptors (Lipinski definition) is 6. The average Bonchev–Trinajstić information content (AvgIpc) is 3.05. The van der Waals surface area contributed by atoms with Gasteiger partial charge >= 0.3 is 5.69 Å². The fourth-order valence-electron chi connectivity index (χ4n) is 2.00. The molecule has 8 nitrogen and oxygen atoms in total. The molecule has 0 fully saturated rings. The molecule has 0 aromatic carbocycles. The molecule has 0 bridgehead atoms. The van der Waals surface area contributed by atoms with Crippen LogP contribution in [0.15, 0.2) is 33.6 Å². The van der Waals surface area contributed by atoms with Crippen LogP contribution in [0, 0.1) is 0 Å². The van der Waals surface area contributed by atoms with Crippen molar-refractivity contribution in [3.63, 3.8) is 0 Å². The van der Waals surface area contributed by atoms with Crippen LogP contribution in [-0.2, 0) is 0 Å².